The molecule has 50 heavy (non-hydrogen) atoms. The number of nitrogens with one attached hydrogen (secondary N) is 6. The van der Waals surface area contributed by atoms with Crippen LogP contribution in [0.1, 0.15) is 70.8 Å². The molecular formula is C32H53N9O9. The van der Waals surface area contributed by atoms with E-state index < -0.39 is 65.8 Å². The summed E-state index contributed by atoms with van der Waals surface area (Å²) in [7, 11) is 0. The standard InChI is InChI=1S/C32H53N9O9/c1-18(2)16-24(29(47)39-23(31(49)50)6-3-4-14-33)40-30(48)25(17-19-8-10-20(42)11-9-19)41-28(46)22(7-5-15-37-32(35)36)38-27(45)21(34)12-13-26(43)44/h8-11,18,21-25,42H,3-7,12-17,33-34H2,1-2H3,(H,38,45)(H,39,47)(H,40,48)(H,41,46)(H,43,44)(H,49,50)(H4,35,36,37)/t21-,22-,23-,24-,25-/m0/s1. The van der Waals surface area contributed by atoms with Crippen molar-refractivity contribution in [2.45, 2.75) is 102 Å². The number of carbonyl (C=O) groups is 6. The van der Waals surface area contributed by atoms with Crippen molar-refractivity contribution in [1.29, 1.82) is 5.41 Å². The third kappa shape index (κ3) is 17.4. The van der Waals surface area contributed by atoms with E-state index in [9.17, 15) is 39.0 Å². The van der Waals surface area contributed by atoms with Crippen molar-refractivity contribution in [2.24, 2.45) is 23.1 Å². The number of carboxylic acid groups (broad SMARTS) is 2. The maximum atomic E-state index is 13.8. The van der Waals surface area contributed by atoms with Crippen LogP contribution in [0.4, 0.5) is 0 Å². The number of guanidine groups is 1. The molecule has 18 nitrogen and oxygen atoms in total. The summed E-state index contributed by atoms with van der Waals surface area (Å²) < 4.78 is 0. The molecule has 280 valence electrons. The molecule has 0 unspecified atom stereocenters. The van der Waals surface area contributed by atoms with Crippen molar-refractivity contribution in [3.63, 3.8) is 0 Å². The quantitative estimate of drug-likeness (QED) is 0.0334. The second-order valence-electron chi connectivity index (χ2n) is 12.4. The van der Waals surface area contributed by atoms with E-state index in [2.05, 4.69) is 26.6 Å². The smallest absolute Gasteiger partial charge is 0.326 e. The van der Waals surface area contributed by atoms with E-state index in [1.54, 1.807) is 0 Å². The van der Waals surface area contributed by atoms with Gasteiger partial charge >= 0.3 is 11.9 Å². The van der Waals surface area contributed by atoms with Crippen molar-refractivity contribution < 1.29 is 44.1 Å². The number of carboxylic acids is 2. The van der Waals surface area contributed by atoms with Crippen LogP contribution in [0.15, 0.2) is 24.3 Å². The Bertz CT molecular complexity index is 1290. The monoisotopic (exact) mass is 707 g/mol. The van der Waals surface area contributed by atoms with E-state index >= 15 is 0 Å². The summed E-state index contributed by atoms with van der Waals surface area (Å²) in [4.78, 5) is 76.5. The Balaban J connectivity index is 3.32. The highest BCUT2D eigenvalue weighted by Gasteiger charge is 2.32. The van der Waals surface area contributed by atoms with Crippen LogP contribution in [-0.2, 0) is 35.2 Å². The summed E-state index contributed by atoms with van der Waals surface area (Å²) in [6.07, 6.45) is 0.875. The molecule has 18 heteroatoms. The first-order valence-electron chi connectivity index (χ1n) is 16.5. The predicted octanol–water partition coefficient (Wildman–Crippen LogP) is -1.41. The molecular weight excluding hydrogens is 654 g/mol. The van der Waals surface area contributed by atoms with Crippen LogP contribution in [0.25, 0.3) is 0 Å². The topological polar surface area (TPSA) is 325 Å². The zero-order valence-electron chi connectivity index (χ0n) is 28.6. The van der Waals surface area contributed by atoms with Gasteiger partial charge in [-0.05, 0) is 75.1 Å². The Morgan fingerprint density at radius 3 is 1.86 bits per heavy atom. The van der Waals surface area contributed by atoms with Gasteiger partial charge in [0.15, 0.2) is 5.96 Å². The van der Waals surface area contributed by atoms with Gasteiger partial charge in [-0.15, -0.1) is 0 Å². The number of nitrogens with two attached hydrogens (primary N) is 3. The van der Waals surface area contributed by atoms with Gasteiger partial charge in [-0.2, -0.15) is 0 Å². The number of rotatable bonds is 24. The average Bonchev–Trinajstić information content (AvgIpc) is 3.04. The molecule has 1 rings (SSSR count). The van der Waals surface area contributed by atoms with Crippen LogP contribution in [-0.4, -0.2) is 100 Å². The first-order chi connectivity index (χ1) is 23.5. The predicted molar refractivity (Wildman–Crippen MR) is 184 cm³/mol. The minimum absolute atomic E-state index is 0.0101. The van der Waals surface area contributed by atoms with Gasteiger partial charge in [0.2, 0.25) is 23.6 Å². The largest absolute Gasteiger partial charge is 0.508 e. The van der Waals surface area contributed by atoms with E-state index in [-0.39, 0.29) is 69.1 Å². The number of carbonyl (C=O) groups excluding carboxylic acids is 4. The first-order valence-corrected chi connectivity index (χ1v) is 16.5. The first kappa shape index (κ1) is 43.1. The number of amides is 4. The Hall–Kier alpha value is -4.97. The van der Waals surface area contributed by atoms with Crippen molar-refractivity contribution in [3.8, 4) is 5.75 Å². The molecule has 0 bridgehead atoms. The van der Waals surface area contributed by atoms with E-state index in [1.165, 1.54) is 24.3 Å². The van der Waals surface area contributed by atoms with Crippen LogP contribution >= 0.6 is 0 Å². The zero-order chi connectivity index (χ0) is 37.8. The fourth-order valence-electron chi connectivity index (χ4n) is 4.83. The summed E-state index contributed by atoms with van der Waals surface area (Å²) in [6, 6.07) is -0.335. The molecule has 0 fully saturated rings. The number of phenols is 1. The van der Waals surface area contributed by atoms with Crippen molar-refractivity contribution in [1.82, 2.24) is 26.6 Å². The average molecular weight is 708 g/mol. The van der Waals surface area contributed by atoms with Gasteiger partial charge in [0.25, 0.3) is 0 Å². The number of aromatic hydroxyl groups is 1. The van der Waals surface area contributed by atoms with Crippen molar-refractivity contribution >= 4 is 41.5 Å². The molecule has 0 radical (unpaired) electrons. The lowest BCUT2D eigenvalue weighted by molar-refractivity contribution is -0.142. The van der Waals surface area contributed by atoms with Gasteiger partial charge in [0.05, 0.1) is 6.04 Å². The molecule has 0 saturated heterocycles. The van der Waals surface area contributed by atoms with E-state index in [0.717, 1.165) is 0 Å². The van der Waals surface area contributed by atoms with Crippen LogP contribution in [0.3, 0.4) is 0 Å². The summed E-state index contributed by atoms with van der Waals surface area (Å²) in [5.74, 6) is -5.92. The Morgan fingerprint density at radius 2 is 1.30 bits per heavy atom. The van der Waals surface area contributed by atoms with Gasteiger partial charge in [-0.1, -0.05) is 26.0 Å². The summed E-state index contributed by atoms with van der Waals surface area (Å²) in [6.45, 7) is 4.16. The van der Waals surface area contributed by atoms with Crippen LogP contribution < -0.4 is 43.8 Å². The third-order valence-corrected chi connectivity index (χ3v) is 7.53. The van der Waals surface area contributed by atoms with E-state index in [1.807, 2.05) is 13.8 Å². The summed E-state index contributed by atoms with van der Waals surface area (Å²) >= 11 is 0. The van der Waals surface area contributed by atoms with E-state index in [0.29, 0.717) is 24.9 Å². The van der Waals surface area contributed by atoms with Crippen LogP contribution in [0.5, 0.6) is 5.75 Å². The molecule has 0 aliphatic rings. The second kappa shape index (κ2) is 22.6. The minimum atomic E-state index is -1.32. The molecule has 4 amide bonds. The number of phenolic OH excluding ortho intramolecular Hbond substituents is 1. The Kier molecular flexibility index (Phi) is 19.5. The third-order valence-electron chi connectivity index (χ3n) is 7.53. The SMILES string of the molecule is CC(C)C[C@H](NC(=O)[C@H](Cc1ccc(O)cc1)NC(=O)[C@H](CCCNC(=N)N)NC(=O)[C@@H](N)CCC(=O)O)C(=O)N[C@@H](CCCCN)C(=O)O. The van der Waals surface area contributed by atoms with Gasteiger partial charge in [-0.3, -0.25) is 29.4 Å². The lowest BCUT2D eigenvalue weighted by Gasteiger charge is -2.27. The zero-order valence-corrected chi connectivity index (χ0v) is 28.6. The molecule has 0 aromatic heterocycles. The number of unbranched alkanes of at least 4 members (excludes halogenated alkanes) is 1. The molecule has 0 aliphatic carbocycles. The highest BCUT2D eigenvalue weighted by atomic mass is 16.4. The van der Waals surface area contributed by atoms with E-state index in [4.69, 9.17) is 27.7 Å². The normalized spacial score (nSPS) is 13.9. The van der Waals surface area contributed by atoms with Crippen LogP contribution in [0, 0.1) is 11.3 Å². The van der Waals surface area contributed by atoms with Crippen molar-refractivity contribution in [2.75, 3.05) is 13.1 Å². The van der Waals surface area contributed by atoms with Crippen molar-refractivity contribution in [3.05, 3.63) is 29.8 Å². The molecule has 5 atom stereocenters. The van der Waals surface area contributed by atoms with Gasteiger partial charge in [-0.25, -0.2) is 4.79 Å². The fourth-order valence-corrected chi connectivity index (χ4v) is 4.83. The van der Waals surface area contributed by atoms with Gasteiger partial charge in [0.1, 0.15) is 29.9 Å². The molecule has 1 aromatic carbocycles. The second-order valence-corrected chi connectivity index (χ2v) is 12.4. The van der Waals surface area contributed by atoms with Crippen LogP contribution in [0.2, 0.25) is 0 Å². The molecule has 0 heterocycles. The molecule has 1 aromatic rings. The Labute approximate surface area is 291 Å². The number of hydrogen-bond donors (Lipinski definition) is 12. The fraction of sp³-hybridized carbons (Fsp3) is 0.594. The Morgan fingerprint density at radius 1 is 0.760 bits per heavy atom. The molecule has 0 spiro atoms. The highest BCUT2D eigenvalue weighted by Crippen LogP contribution is 2.13. The lowest BCUT2D eigenvalue weighted by Crippen LogP contribution is -2.59. The maximum absolute atomic E-state index is 13.8. The maximum Gasteiger partial charge on any atom is 0.326 e. The summed E-state index contributed by atoms with van der Waals surface area (Å²) in [5, 5.41) is 48.6. The lowest BCUT2D eigenvalue weighted by atomic mass is 10.00. The number of hydrogen-bond acceptors (Lipinski definition) is 10. The summed E-state index contributed by atoms with van der Waals surface area (Å²) in [5.41, 5.74) is 17.2. The van der Waals surface area contributed by atoms with Gasteiger partial charge < -0.3 is 59.1 Å². The highest BCUT2D eigenvalue weighted by molar-refractivity contribution is 5.95. The van der Waals surface area contributed by atoms with Gasteiger partial charge in [0, 0.05) is 19.4 Å². The molecule has 15 N–H and O–H groups in total. The number of aliphatic carboxylic acids is 2. The minimum Gasteiger partial charge on any atom is -0.508 e. The molecule has 0 saturated carbocycles. The number of benzene rings is 1. The molecule has 0 aliphatic heterocycles.